The Labute approximate surface area is 128 Å². The highest BCUT2D eigenvalue weighted by Gasteiger charge is 2.09. The number of carbonyl (C=O) groups is 1. The van der Waals surface area contributed by atoms with E-state index in [-0.39, 0.29) is 0 Å². The summed E-state index contributed by atoms with van der Waals surface area (Å²) >= 11 is 5.92. The molecule has 0 aliphatic heterocycles. The number of primary amides is 1. The maximum absolute atomic E-state index is 10.9. The normalized spacial score (nSPS) is 11.9. The second kappa shape index (κ2) is 7.11. The van der Waals surface area contributed by atoms with E-state index in [1.807, 2.05) is 48.5 Å². The summed E-state index contributed by atoms with van der Waals surface area (Å²) in [6, 6.07) is 14.3. The average molecular weight is 305 g/mol. The van der Waals surface area contributed by atoms with Crippen LogP contribution in [0.5, 0.6) is 5.75 Å². The van der Waals surface area contributed by atoms with E-state index in [9.17, 15) is 4.79 Å². The number of ether oxygens (including phenoxy) is 1. The summed E-state index contributed by atoms with van der Waals surface area (Å²) in [4.78, 5) is 10.9. The number of rotatable bonds is 6. The quantitative estimate of drug-likeness (QED) is 0.859. The van der Waals surface area contributed by atoms with E-state index < -0.39 is 11.9 Å². The molecule has 0 radical (unpaired) electrons. The molecule has 2 aromatic rings. The average Bonchev–Trinajstić information content (AvgIpc) is 2.46. The standard InChI is InChI=1S/C16H17ClN2O2/c17-13-3-1-2-12(8-13)10-21-14-6-4-11(5-7-14)9-15(18)16(19)20/h1-8,15H,9-10,18H2,(H2,19,20). The van der Waals surface area contributed by atoms with Gasteiger partial charge < -0.3 is 16.2 Å². The molecule has 0 aliphatic rings. The maximum Gasteiger partial charge on any atom is 0.234 e. The summed E-state index contributed by atoms with van der Waals surface area (Å²) in [7, 11) is 0. The van der Waals surface area contributed by atoms with Crippen LogP contribution in [0.4, 0.5) is 0 Å². The first-order chi connectivity index (χ1) is 10.0. The Morgan fingerprint density at radius 2 is 1.86 bits per heavy atom. The second-order valence-electron chi connectivity index (χ2n) is 4.78. The number of hydrogen-bond acceptors (Lipinski definition) is 3. The van der Waals surface area contributed by atoms with Gasteiger partial charge in [0.15, 0.2) is 0 Å². The van der Waals surface area contributed by atoms with Gasteiger partial charge in [0.1, 0.15) is 12.4 Å². The van der Waals surface area contributed by atoms with Gasteiger partial charge in [-0.3, -0.25) is 4.79 Å². The van der Waals surface area contributed by atoms with Gasteiger partial charge in [-0.05, 0) is 41.8 Å². The molecule has 0 bridgehead atoms. The van der Waals surface area contributed by atoms with Crippen molar-refractivity contribution < 1.29 is 9.53 Å². The largest absolute Gasteiger partial charge is 0.489 e. The first-order valence-electron chi connectivity index (χ1n) is 6.55. The highest BCUT2D eigenvalue weighted by atomic mass is 35.5. The Hall–Kier alpha value is -2.04. The molecule has 0 spiro atoms. The van der Waals surface area contributed by atoms with Crippen molar-refractivity contribution in [2.24, 2.45) is 11.5 Å². The van der Waals surface area contributed by atoms with Gasteiger partial charge in [0, 0.05) is 5.02 Å². The summed E-state index contributed by atoms with van der Waals surface area (Å²) < 4.78 is 5.67. The van der Waals surface area contributed by atoms with Crippen molar-refractivity contribution in [3.8, 4) is 5.75 Å². The van der Waals surface area contributed by atoms with Crippen molar-refractivity contribution in [2.75, 3.05) is 0 Å². The number of nitrogens with two attached hydrogens (primary N) is 2. The first kappa shape index (κ1) is 15.4. The zero-order valence-electron chi connectivity index (χ0n) is 11.5. The van der Waals surface area contributed by atoms with Crippen molar-refractivity contribution in [3.63, 3.8) is 0 Å². The third-order valence-corrected chi connectivity index (χ3v) is 3.27. The molecular weight excluding hydrogens is 288 g/mol. The molecule has 4 N–H and O–H groups in total. The number of amides is 1. The van der Waals surface area contributed by atoms with Crippen molar-refractivity contribution in [2.45, 2.75) is 19.1 Å². The smallest absolute Gasteiger partial charge is 0.234 e. The molecule has 1 atom stereocenters. The Bertz CT molecular complexity index is 614. The van der Waals surface area contributed by atoms with Crippen LogP contribution in [-0.4, -0.2) is 11.9 Å². The number of halogens is 1. The lowest BCUT2D eigenvalue weighted by Crippen LogP contribution is -2.38. The molecule has 1 unspecified atom stereocenters. The van der Waals surface area contributed by atoms with Crippen LogP contribution in [0.25, 0.3) is 0 Å². The Kier molecular flexibility index (Phi) is 5.20. The van der Waals surface area contributed by atoms with Gasteiger partial charge in [-0.1, -0.05) is 35.9 Å². The minimum Gasteiger partial charge on any atom is -0.489 e. The van der Waals surface area contributed by atoms with Crippen molar-refractivity contribution in [1.82, 2.24) is 0 Å². The third-order valence-electron chi connectivity index (χ3n) is 3.04. The number of hydrogen-bond donors (Lipinski definition) is 2. The minimum absolute atomic E-state index is 0.421. The lowest BCUT2D eigenvalue weighted by atomic mass is 10.1. The Morgan fingerprint density at radius 1 is 1.14 bits per heavy atom. The summed E-state index contributed by atoms with van der Waals surface area (Å²) in [6.45, 7) is 0.445. The predicted molar refractivity (Wildman–Crippen MR) is 83.1 cm³/mol. The summed E-state index contributed by atoms with van der Waals surface area (Å²) in [6.07, 6.45) is 0.421. The van der Waals surface area contributed by atoms with Crippen LogP contribution < -0.4 is 16.2 Å². The van der Waals surface area contributed by atoms with E-state index in [4.69, 9.17) is 27.8 Å². The maximum atomic E-state index is 10.9. The number of carbonyl (C=O) groups excluding carboxylic acids is 1. The molecule has 4 nitrogen and oxygen atoms in total. The second-order valence-corrected chi connectivity index (χ2v) is 5.21. The molecule has 5 heteroatoms. The fraction of sp³-hybridized carbons (Fsp3) is 0.188. The summed E-state index contributed by atoms with van der Waals surface area (Å²) in [5, 5.41) is 0.687. The lowest BCUT2D eigenvalue weighted by Gasteiger charge is -2.09. The minimum atomic E-state index is -0.664. The molecule has 0 heterocycles. The Balaban J connectivity index is 1.92. The van der Waals surface area contributed by atoms with Crippen molar-refractivity contribution in [3.05, 3.63) is 64.7 Å². The molecule has 21 heavy (non-hydrogen) atoms. The van der Waals surface area contributed by atoms with Crippen LogP contribution in [-0.2, 0) is 17.8 Å². The fourth-order valence-electron chi connectivity index (χ4n) is 1.87. The van der Waals surface area contributed by atoms with Gasteiger partial charge in [-0.2, -0.15) is 0 Å². The van der Waals surface area contributed by atoms with Crippen molar-refractivity contribution in [1.29, 1.82) is 0 Å². The van der Waals surface area contributed by atoms with E-state index in [0.29, 0.717) is 18.1 Å². The van der Waals surface area contributed by atoms with Crippen LogP contribution in [0.3, 0.4) is 0 Å². The topological polar surface area (TPSA) is 78.3 Å². The van der Waals surface area contributed by atoms with Gasteiger partial charge in [0.25, 0.3) is 0 Å². The molecule has 110 valence electrons. The van der Waals surface area contributed by atoms with E-state index in [1.54, 1.807) is 0 Å². The summed E-state index contributed by atoms with van der Waals surface area (Å²) in [5.74, 6) is 0.239. The molecular formula is C16H17ClN2O2. The third kappa shape index (κ3) is 4.77. The van der Waals surface area contributed by atoms with E-state index in [2.05, 4.69) is 0 Å². The molecule has 0 aliphatic carbocycles. The van der Waals surface area contributed by atoms with E-state index >= 15 is 0 Å². The molecule has 0 fully saturated rings. The SMILES string of the molecule is NC(=O)C(N)Cc1ccc(OCc2cccc(Cl)c2)cc1. The lowest BCUT2D eigenvalue weighted by molar-refractivity contribution is -0.119. The Morgan fingerprint density at radius 3 is 2.48 bits per heavy atom. The molecule has 2 rings (SSSR count). The zero-order valence-corrected chi connectivity index (χ0v) is 12.2. The molecule has 1 amide bonds. The van der Waals surface area contributed by atoms with Gasteiger partial charge in [-0.25, -0.2) is 0 Å². The molecule has 0 saturated carbocycles. The first-order valence-corrected chi connectivity index (χ1v) is 6.93. The van der Waals surface area contributed by atoms with Crippen LogP contribution in [0, 0.1) is 0 Å². The fourth-order valence-corrected chi connectivity index (χ4v) is 2.08. The van der Waals surface area contributed by atoms with E-state index in [0.717, 1.165) is 16.9 Å². The van der Waals surface area contributed by atoms with Crippen LogP contribution in [0.2, 0.25) is 5.02 Å². The highest BCUT2D eigenvalue weighted by Crippen LogP contribution is 2.16. The van der Waals surface area contributed by atoms with Gasteiger partial charge in [0.05, 0.1) is 6.04 Å². The molecule has 0 aromatic heterocycles. The predicted octanol–water partition coefficient (Wildman–Crippen LogP) is 2.27. The summed E-state index contributed by atoms with van der Waals surface area (Å²) in [5.41, 5.74) is 12.7. The highest BCUT2D eigenvalue weighted by molar-refractivity contribution is 6.30. The van der Waals surface area contributed by atoms with E-state index in [1.165, 1.54) is 0 Å². The van der Waals surface area contributed by atoms with Crippen molar-refractivity contribution >= 4 is 17.5 Å². The van der Waals surface area contributed by atoms with Crippen LogP contribution >= 0.6 is 11.6 Å². The van der Waals surface area contributed by atoms with Gasteiger partial charge >= 0.3 is 0 Å². The van der Waals surface area contributed by atoms with Gasteiger partial charge in [-0.15, -0.1) is 0 Å². The zero-order chi connectivity index (χ0) is 15.2. The van der Waals surface area contributed by atoms with Gasteiger partial charge in [0.2, 0.25) is 5.91 Å². The van der Waals surface area contributed by atoms with Crippen LogP contribution in [0.1, 0.15) is 11.1 Å². The molecule has 2 aromatic carbocycles. The number of benzene rings is 2. The van der Waals surface area contributed by atoms with Crippen LogP contribution in [0.15, 0.2) is 48.5 Å². The molecule has 0 saturated heterocycles. The monoisotopic (exact) mass is 304 g/mol.